The maximum absolute atomic E-state index is 12.3. The Balaban J connectivity index is 1.61. The lowest BCUT2D eigenvalue weighted by molar-refractivity contribution is 0.0910. The van der Waals surface area contributed by atoms with E-state index in [0.29, 0.717) is 17.5 Å². The smallest absolute Gasteiger partial charge is 0.263 e. The molecule has 7 heteroatoms. The maximum atomic E-state index is 12.3. The van der Waals surface area contributed by atoms with Gasteiger partial charge in [0.05, 0.1) is 18.0 Å². The third kappa shape index (κ3) is 3.36. The van der Waals surface area contributed by atoms with Gasteiger partial charge in [-0.05, 0) is 26.2 Å². The van der Waals surface area contributed by atoms with E-state index in [2.05, 4.69) is 15.4 Å². The van der Waals surface area contributed by atoms with Gasteiger partial charge in [-0.1, -0.05) is 0 Å². The minimum absolute atomic E-state index is 0.0527. The van der Waals surface area contributed by atoms with Crippen molar-refractivity contribution in [2.75, 3.05) is 13.2 Å². The summed E-state index contributed by atoms with van der Waals surface area (Å²) < 4.78 is 7.29. The Morgan fingerprint density at radius 3 is 3.14 bits per heavy atom. The van der Waals surface area contributed by atoms with Crippen molar-refractivity contribution in [3.8, 4) is 10.6 Å². The lowest BCUT2D eigenvalue weighted by Crippen LogP contribution is -2.26. The van der Waals surface area contributed by atoms with Crippen molar-refractivity contribution in [1.82, 2.24) is 20.1 Å². The normalized spacial score (nSPS) is 17.8. The molecule has 1 aliphatic rings. The molecule has 0 radical (unpaired) electrons. The highest BCUT2D eigenvalue weighted by Crippen LogP contribution is 2.27. The van der Waals surface area contributed by atoms with E-state index < -0.39 is 0 Å². The third-order valence-electron chi connectivity index (χ3n) is 3.73. The van der Waals surface area contributed by atoms with Crippen LogP contribution in [0.1, 0.15) is 34.6 Å². The second-order valence-electron chi connectivity index (χ2n) is 5.52. The molecule has 1 aliphatic heterocycles. The summed E-state index contributed by atoms with van der Waals surface area (Å²) >= 11 is 1.41. The molecule has 22 heavy (non-hydrogen) atoms. The van der Waals surface area contributed by atoms with Crippen LogP contribution in [0, 0.1) is 6.92 Å². The number of ether oxygens (including phenoxy) is 1. The number of thiazole rings is 1. The molecule has 1 N–H and O–H groups in total. The van der Waals surface area contributed by atoms with Crippen molar-refractivity contribution >= 4 is 17.2 Å². The van der Waals surface area contributed by atoms with Crippen LogP contribution < -0.4 is 5.32 Å². The molecule has 0 aromatic carbocycles. The first-order chi connectivity index (χ1) is 10.6. The number of aromatic nitrogens is 3. The zero-order valence-corrected chi connectivity index (χ0v) is 13.7. The molecule has 3 rings (SSSR count). The monoisotopic (exact) mass is 320 g/mol. The van der Waals surface area contributed by atoms with Crippen molar-refractivity contribution in [3.63, 3.8) is 0 Å². The molecule has 3 heterocycles. The summed E-state index contributed by atoms with van der Waals surface area (Å²) in [5.74, 6) is -0.0527. The van der Waals surface area contributed by atoms with Gasteiger partial charge in [0.15, 0.2) is 0 Å². The predicted octanol–water partition coefficient (Wildman–Crippen LogP) is 2.15. The molecule has 118 valence electrons. The highest BCUT2D eigenvalue weighted by molar-refractivity contribution is 7.17. The van der Waals surface area contributed by atoms with Gasteiger partial charge in [-0.15, -0.1) is 11.3 Å². The topological polar surface area (TPSA) is 69.0 Å². The summed E-state index contributed by atoms with van der Waals surface area (Å²) in [5, 5.41) is 7.94. The first-order valence-electron chi connectivity index (χ1n) is 7.49. The van der Waals surface area contributed by atoms with Crippen molar-refractivity contribution < 1.29 is 9.53 Å². The van der Waals surface area contributed by atoms with Crippen LogP contribution in [0.25, 0.3) is 10.6 Å². The minimum Gasteiger partial charge on any atom is -0.378 e. The average Bonchev–Trinajstić information content (AvgIpc) is 3.19. The highest BCUT2D eigenvalue weighted by atomic mass is 32.1. The van der Waals surface area contributed by atoms with E-state index in [1.807, 2.05) is 20.2 Å². The number of hydrogen-bond acceptors (Lipinski definition) is 5. The van der Waals surface area contributed by atoms with Crippen molar-refractivity contribution in [2.24, 2.45) is 7.05 Å². The van der Waals surface area contributed by atoms with Crippen molar-refractivity contribution in [1.29, 1.82) is 0 Å². The summed E-state index contributed by atoms with van der Waals surface area (Å²) in [7, 11) is 1.86. The quantitative estimate of drug-likeness (QED) is 0.916. The molecular weight excluding hydrogens is 300 g/mol. The van der Waals surface area contributed by atoms with Gasteiger partial charge in [-0.2, -0.15) is 5.10 Å². The maximum Gasteiger partial charge on any atom is 0.263 e. The Labute approximate surface area is 133 Å². The zero-order valence-electron chi connectivity index (χ0n) is 12.8. The molecule has 0 bridgehead atoms. The molecule has 1 fully saturated rings. The number of carbonyl (C=O) groups is 1. The van der Waals surface area contributed by atoms with E-state index in [9.17, 15) is 4.79 Å². The fourth-order valence-electron chi connectivity index (χ4n) is 2.56. The summed E-state index contributed by atoms with van der Waals surface area (Å²) in [5.41, 5.74) is 1.70. The lowest BCUT2D eigenvalue weighted by Gasteiger charge is -2.09. The molecule has 0 saturated carbocycles. The minimum atomic E-state index is -0.0527. The number of amides is 1. The van der Waals surface area contributed by atoms with Crippen LogP contribution in [-0.4, -0.2) is 39.9 Å². The Bertz CT molecular complexity index is 658. The van der Waals surface area contributed by atoms with E-state index in [-0.39, 0.29) is 5.91 Å². The molecule has 0 unspecified atom stereocenters. The molecule has 1 saturated heterocycles. The number of rotatable bonds is 5. The van der Waals surface area contributed by atoms with Gasteiger partial charge in [-0.3, -0.25) is 9.48 Å². The fraction of sp³-hybridized carbons (Fsp3) is 0.533. The number of nitrogens with one attached hydrogen (secondary N) is 1. The Morgan fingerprint density at radius 1 is 1.59 bits per heavy atom. The summed E-state index contributed by atoms with van der Waals surface area (Å²) in [4.78, 5) is 17.4. The summed E-state index contributed by atoms with van der Waals surface area (Å²) in [6.07, 6.45) is 7.06. The summed E-state index contributed by atoms with van der Waals surface area (Å²) in [6.45, 7) is 3.36. The van der Waals surface area contributed by atoms with Crippen molar-refractivity contribution in [2.45, 2.75) is 32.3 Å². The molecule has 1 atom stereocenters. The van der Waals surface area contributed by atoms with Crippen LogP contribution in [0.3, 0.4) is 0 Å². The largest absolute Gasteiger partial charge is 0.378 e. The van der Waals surface area contributed by atoms with Gasteiger partial charge < -0.3 is 10.1 Å². The van der Waals surface area contributed by atoms with Crippen molar-refractivity contribution in [3.05, 3.63) is 23.0 Å². The standard InChI is InChI=1S/C15H20N4O2S/c1-10-13(14(20)16-6-5-12-4-3-7-21-12)22-15(18-10)11-8-17-19(2)9-11/h8-9,12H,3-7H2,1-2H3,(H,16,20)/t12-/m1/s1. The average molecular weight is 320 g/mol. The van der Waals surface area contributed by atoms with Gasteiger partial charge in [0.1, 0.15) is 9.88 Å². The van der Waals surface area contributed by atoms with Crippen LogP contribution >= 0.6 is 11.3 Å². The van der Waals surface area contributed by atoms with Gasteiger partial charge >= 0.3 is 0 Å². The highest BCUT2D eigenvalue weighted by Gasteiger charge is 2.18. The zero-order chi connectivity index (χ0) is 15.5. The van der Waals surface area contributed by atoms with Gasteiger partial charge in [-0.25, -0.2) is 4.98 Å². The van der Waals surface area contributed by atoms with E-state index in [4.69, 9.17) is 4.74 Å². The molecule has 0 aliphatic carbocycles. The molecule has 1 amide bonds. The predicted molar refractivity (Wildman–Crippen MR) is 85.0 cm³/mol. The second kappa shape index (κ2) is 6.58. The Morgan fingerprint density at radius 2 is 2.45 bits per heavy atom. The SMILES string of the molecule is Cc1nc(-c2cnn(C)c2)sc1C(=O)NCC[C@H]1CCCO1. The number of aryl methyl sites for hydroxylation is 2. The number of hydrogen-bond donors (Lipinski definition) is 1. The number of carbonyl (C=O) groups excluding carboxylic acids is 1. The Kier molecular flexibility index (Phi) is 4.54. The van der Waals surface area contributed by atoms with Crippen LogP contribution in [-0.2, 0) is 11.8 Å². The van der Waals surface area contributed by atoms with Gasteiger partial charge in [0.2, 0.25) is 0 Å². The first kappa shape index (κ1) is 15.2. The fourth-order valence-corrected chi connectivity index (χ4v) is 3.52. The van der Waals surface area contributed by atoms with Crippen LogP contribution in [0.2, 0.25) is 0 Å². The van der Waals surface area contributed by atoms with Crippen LogP contribution in [0.5, 0.6) is 0 Å². The van der Waals surface area contributed by atoms with E-state index >= 15 is 0 Å². The molecular formula is C15H20N4O2S. The molecule has 2 aromatic heterocycles. The second-order valence-corrected chi connectivity index (χ2v) is 6.51. The molecule has 6 nitrogen and oxygen atoms in total. The number of nitrogens with zero attached hydrogens (tertiary/aromatic N) is 3. The van der Waals surface area contributed by atoms with E-state index in [1.54, 1.807) is 10.9 Å². The van der Waals surface area contributed by atoms with Crippen LogP contribution in [0.15, 0.2) is 12.4 Å². The lowest BCUT2D eigenvalue weighted by atomic mass is 10.2. The third-order valence-corrected chi connectivity index (χ3v) is 4.94. The first-order valence-corrected chi connectivity index (χ1v) is 8.31. The van der Waals surface area contributed by atoms with Gasteiger partial charge in [0.25, 0.3) is 5.91 Å². The summed E-state index contributed by atoms with van der Waals surface area (Å²) in [6, 6.07) is 0. The van der Waals surface area contributed by atoms with E-state index in [0.717, 1.165) is 42.1 Å². The van der Waals surface area contributed by atoms with E-state index in [1.165, 1.54) is 11.3 Å². The molecule has 2 aromatic rings. The van der Waals surface area contributed by atoms with Gasteiger partial charge in [0, 0.05) is 32.0 Å². The molecule has 0 spiro atoms. The van der Waals surface area contributed by atoms with Crippen LogP contribution in [0.4, 0.5) is 0 Å². The Hall–Kier alpha value is -1.73.